The molecule has 92 valence electrons. The van der Waals surface area contributed by atoms with E-state index in [-0.39, 0.29) is 6.04 Å². The summed E-state index contributed by atoms with van der Waals surface area (Å²) in [6.07, 6.45) is 4.20. The lowest BCUT2D eigenvalue weighted by Gasteiger charge is -2.08. The highest BCUT2D eigenvalue weighted by Crippen LogP contribution is 2.13. The average molecular weight is 241 g/mol. The summed E-state index contributed by atoms with van der Waals surface area (Å²) in [6, 6.07) is 0.272. The summed E-state index contributed by atoms with van der Waals surface area (Å²) in [7, 11) is 4.18. The first-order valence-electron chi connectivity index (χ1n) is 5.95. The molecule has 1 aromatic rings. The molecule has 0 bridgehead atoms. The van der Waals surface area contributed by atoms with Gasteiger partial charge in [0.05, 0.1) is 10.7 Å². The molecule has 2 N–H and O–H groups in total. The Balaban J connectivity index is 2.39. The Bertz CT molecular complexity index is 296. The minimum atomic E-state index is 0.272. The number of nitrogens with zero attached hydrogens (tertiary/aromatic N) is 2. The molecule has 1 aromatic heterocycles. The molecule has 0 fully saturated rings. The van der Waals surface area contributed by atoms with Crippen molar-refractivity contribution in [2.45, 2.75) is 38.6 Å². The number of aromatic nitrogens is 1. The standard InChI is InChI=1S/C12H23N3S/c1-4-5-10(13)8-11-9-16-12(14-11)6-7-15(2)3/h9-10H,4-8,13H2,1-3H3. The van der Waals surface area contributed by atoms with Gasteiger partial charge in [-0.15, -0.1) is 11.3 Å². The van der Waals surface area contributed by atoms with Crippen LogP contribution >= 0.6 is 11.3 Å². The van der Waals surface area contributed by atoms with E-state index in [1.54, 1.807) is 11.3 Å². The van der Waals surface area contributed by atoms with Crippen LogP contribution in [0.5, 0.6) is 0 Å². The van der Waals surface area contributed by atoms with Crippen LogP contribution in [0.25, 0.3) is 0 Å². The van der Waals surface area contributed by atoms with Crippen molar-refractivity contribution in [2.24, 2.45) is 5.73 Å². The molecule has 1 atom stereocenters. The van der Waals surface area contributed by atoms with Crippen molar-refractivity contribution in [3.8, 4) is 0 Å². The fourth-order valence-electron chi connectivity index (χ4n) is 1.62. The van der Waals surface area contributed by atoms with Gasteiger partial charge in [-0.05, 0) is 20.5 Å². The van der Waals surface area contributed by atoms with E-state index >= 15 is 0 Å². The fourth-order valence-corrected chi connectivity index (χ4v) is 2.42. The lowest BCUT2D eigenvalue weighted by Crippen LogP contribution is -2.22. The number of rotatable bonds is 7. The molecule has 0 saturated heterocycles. The van der Waals surface area contributed by atoms with Gasteiger partial charge in [0.2, 0.25) is 0 Å². The zero-order chi connectivity index (χ0) is 12.0. The van der Waals surface area contributed by atoms with E-state index in [2.05, 4.69) is 36.3 Å². The number of hydrogen-bond acceptors (Lipinski definition) is 4. The summed E-state index contributed by atoms with van der Waals surface area (Å²) in [5.74, 6) is 0. The van der Waals surface area contributed by atoms with Crippen LogP contribution in [0.4, 0.5) is 0 Å². The Morgan fingerprint density at radius 2 is 2.25 bits per heavy atom. The van der Waals surface area contributed by atoms with Gasteiger partial charge < -0.3 is 10.6 Å². The van der Waals surface area contributed by atoms with Crippen molar-refractivity contribution in [2.75, 3.05) is 20.6 Å². The van der Waals surface area contributed by atoms with Gasteiger partial charge in [0, 0.05) is 30.8 Å². The maximum absolute atomic E-state index is 6.00. The summed E-state index contributed by atoms with van der Waals surface area (Å²) in [4.78, 5) is 6.80. The van der Waals surface area contributed by atoms with Gasteiger partial charge in [0.25, 0.3) is 0 Å². The zero-order valence-corrected chi connectivity index (χ0v) is 11.4. The third-order valence-electron chi connectivity index (χ3n) is 2.50. The van der Waals surface area contributed by atoms with Gasteiger partial charge in [-0.25, -0.2) is 4.98 Å². The van der Waals surface area contributed by atoms with Crippen LogP contribution in [-0.2, 0) is 12.8 Å². The van der Waals surface area contributed by atoms with Gasteiger partial charge >= 0.3 is 0 Å². The lowest BCUT2D eigenvalue weighted by molar-refractivity contribution is 0.413. The quantitative estimate of drug-likeness (QED) is 0.793. The van der Waals surface area contributed by atoms with Gasteiger partial charge in [0.1, 0.15) is 0 Å². The summed E-state index contributed by atoms with van der Waals surface area (Å²) in [5, 5.41) is 3.38. The lowest BCUT2D eigenvalue weighted by atomic mass is 10.1. The van der Waals surface area contributed by atoms with E-state index < -0.39 is 0 Å². The molecular formula is C12H23N3S. The van der Waals surface area contributed by atoms with Crippen LogP contribution < -0.4 is 5.73 Å². The van der Waals surface area contributed by atoms with E-state index in [0.29, 0.717) is 0 Å². The largest absolute Gasteiger partial charge is 0.327 e. The summed E-state index contributed by atoms with van der Waals surface area (Å²) in [5.41, 5.74) is 7.17. The maximum atomic E-state index is 6.00. The first-order chi connectivity index (χ1) is 7.61. The summed E-state index contributed by atoms with van der Waals surface area (Å²) < 4.78 is 0. The van der Waals surface area contributed by atoms with Crippen LogP contribution in [0.2, 0.25) is 0 Å². The van der Waals surface area contributed by atoms with Crippen molar-refractivity contribution in [3.63, 3.8) is 0 Å². The Morgan fingerprint density at radius 3 is 2.88 bits per heavy atom. The molecule has 3 nitrogen and oxygen atoms in total. The summed E-state index contributed by atoms with van der Waals surface area (Å²) in [6.45, 7) is 3.23. The third-order valence-corrected chi connectivity index (χ3v) is 3.46. The fraction of sp³-hybridized carbons (Fsp3) is 0.750. The monoisotopic (exact) mass is 241 g/mol. The molecule has 4 heteroatoms. The van der Waals surface area contributed by atoms with Crippen LogP contribution in [0.15, 0.2) is 5.38 Å². The molecule has 0 spiro atoms. The van der Waals surface area contributed by atoms with Crippen molar-refractivity contribution in [1.29, 1.82) is 0 Å². The second-order valence-electron chi connectivity index (χ2n) is 4.54. The van der Waals surface area contributed by atoms with Gasteiger partial charge in [-0.3, -0.25) is 0 Å². The minimum absolute atomic E-state index is 0.272. The number of nitrogens with two attached hydrogens (primary N) is 1. The molecule has 0 aromatic carbocycles. The van der Waals surface area contributed by atoms with Crippen LogP contribution in [-0.4, -0.2) is 36.6 Å². The van der Waals surface area contributed by atoms with E-state index in [1.807, 2.05) is 0 Å². The molecule has 1 rings (SSSR count). The molecular weight excluding hydrogens is 218 g/mol. The molecule has 1 heterocycles. The van der Waals surface area contributed by atoms with Crippen molar-refractivity contribution >= 4 is 11.3 Å². The van der Waals surface area contributed by atoms with Crippen LogP contribution in [0.1, 0.15) is 30.5 Å². The van der Waals surface area contributed by atoms with Crippen LogP contribution in [0.3, 0.4) is 0 Å². The first-order valence-corrected chi connectivity index (χ1v) is 6.83. The van der Waals surface area contributed by atoms with Crippen molar-refractivity contribution < 1.29 is 0 Å². The summed E-state index contributed by atoms with van der Waals surface area (Å²) >= 11 is 1.76. The highest BCUT2D eigenvalue weighted by Gasteiger charge is 2.07. The van der Waals surface area contributed by atoms with E-state index in [0.717, 1.165) is 32.2 Å². The van der Waals surface area contributed by atoms with E-state index in [4.69, 9.17) is 5.73 Å². The highest BCUT2D eigenvalue weighted by atomic mass is 32.1. The predicted molar refractivity (Wildman–Crippen MR) is 71.0 cm³/mol. The molecule has 0 aliphatic carbocycles. The number of hydrogen-bond donors (Lipinski definition) is 1. The zero-order valence-electron chi connectivity index (χ0n) is 10.6. The van der Waals surface area contributed by atoms with Gasteiger partial charge in [-0.1, -0.05) is 13.3 Å². The highest BCUT2D eigenvalue weighted by molar-refractivity contribution is 7.09. The Hall–Kier alpha value is -0.450. The van der Waals surface area contributed by atoms with Gasteiger partial charge in [-0.2, -0.15) is 0 Å². The average Bonchev–Trinajstić information content (AvgIpc) is 2.63. The maximum Gasteiger partial charge on any atom is 0.0941 e. The Labute approximate surface area is 103 Å². The molecule has 0 aliphatic heterocycles. The second kappa shape index (κ2) is 6.99. The normalized spacial score (nSPS) is 13.3. The molecule has 0 aliphatic rings. The third kappa shape index (κ3) is 5.05. The van der Waals surface area contributed by atoms with Crippen LogP contribution in [0, 0.1) is 0 Å². The molecule has 0 radical (unpaired) electrons. The molecule has 1 unspecified atom stereocenters. The van der Waals surface area contributed by atoms with E-state index in [1.165, 1.54) is 10.7 Å². The predicted octanol–water partition coefficient (Wildman–Crippen LogP) is 1.92. The topological polar surface area (TPSA) is 42.1 Å². The number of likely N-dealkylation sites (N-methyl/N-ethyl adjacent to an activating group) is 1. The van der Waals surface area contributed by atoms with Crippen molar-refractivity contribution in [1.82, 2.24) is 9.88 Å². The SMILES string of the molecule is CCCC(N)Cc1csc(CCN(C)C)n1. The van der Waals surface area contributed by atoms with Gasteiger partial charge in [0.15, 0.2) is 0 Å². The Morgan fingerprint density at radius 1 is 1.50 bits per heavy atom. The second-order valence-corrected chi connectivity index (χ2v) is 5.48. The molecule has 0 amide bonds. The Kier molecular flexibility index (Phi) is 5.95. The van der Waals surface area contributed by atoms with E-state index in [9.17, 15) is 0 Å². The minimum Gasteiger partial charge on any atom is -0.327 e. The molecule has 0 saturated carbocycles. The molecule has 16 heavy (non-hydrogen) atoms. The number of thiazole rings is 1. The van der Waals surface area contributed by atoms with Crippen molar-refractivity contribution in [3.05, 3.63) is 16.1 Å². The first kappa shape index (κ1) is 13.6. The smallest absolute Gasteiger partial charge is 0.0941 e.